The molecule has 10 heavy (non-hydrogen) atoms. The molecule has 1 aliphatic heterocycles. The van der Waals surface area contributed by atoms with Crippen molar-refractivity contribution in [2.24, 2.45) is 5.73 Å². The van der Waals surface area contributed by atoms with Gasteiger partial charge in [-0.15, -0.1) is 0 Å². The Morgan fingerprint density at radius 3 is 2.20 bits per heavy atom. The van der Waals surface area contributed by atoms with Gasteiger partial charge in [0.25, 0.3) is 0 Å². The number of nitrogens with one attached hydrogen (secondary N) is 2. The molecule has 1 saturated heterocycles. The zero-order valence-corrected chi connectivity index (χ0v) is 8.35. The zero-order valence-electron chi connectivity index (χ0n) is 6.35. The van der Waals surface area contributed by atoms with Crippen LogP contribution in [0.1, 0.15) is 0 Å². The molecule has 0 atom stereocenters. The normalized spacial score (nSPS) is 17.8. The minimum atomic E-state index is 0. The second-order valence-corrected chi connectivity index (χ2v) is 2.12. The number of piperazine rings is 1. The van der Waals surface area contributed by atoms with Gasteiger partial charge in [0.1, 0.15) is 0 Å². The van der Waals surface area contributed by atoms with Crippen molar-refractivity contribution >= 4 is 35.5 Å². The maximum atomic E-state index is 7.06. The molecule has 0 aromatic rings. The van der Waals surface area contributed by atoms with Crippen LogP contribution >= 0.6 is 0 Å². The summed E-state index contributed by atoms with van der Waals surface area (Å²) in [5, 5.41) is 10.2. The van der Waals surface area contributed by atoms with Gasteiger partial charge in [0.15, 0.2) is 5.96 Å². The molecule has 0 spiro atoms. The Morgan fingerprint density at radius 2 is 1.90 bits per heavy atom. The van der Waals surface area contributed by atoms with E-state index in [1.54, 1.807) is 0 Å². The van der Waals surface area contributed by atoms with Crippen LogP contribution in [0.15, 0.2) is 0 Å². The molecule has 0 amide bonds. The molecular weight excluding hydrogens is 139 g/mol. The van der Waals surface area contributed by atoms with Crippen LogP contribution in [-0.4, -0.2) is 66.6 Å². The molecule has 0 aliphatic carbocycles. The molecule has 1 fully saturated rings. The standard InChI is InChI=1S/C5H12N4.Na/c6-5(7)9-3-1-8-2-4-9;/h8H,1-4H2,(H3,6,7);. The van der Waals surface area contributed by atoms with Crippen molar-refractivity contribution < 1.29 is 0 Å². The quantitative estimate of drug-likeness (QED) is 0.222. The van der Waals surface area contributed by atoms with E-state index in [4.69, 9.17) is 11.1 Å². The van der Waals surface area contributed by atoms with Crippen LogP contribution in [0.4, 0.5) is 0 Å². The third-order valence-electron chi connectivity index (χ3n) is 1.46. The molecule has 0 aromatic carbocycles. The van der Waals surface area contributed by atoms with E-state index in [-0.39, 0.29) is 35.5 Å². The summed E-state index contributed by atoms with van der Waals surface area (Å²) >= 11 is 0. The molecule has 0 bridgehead atoms. The summed E-state index contributed by atoms with van der Waals surface area (Å²) in [6.07, 6.45) is 0. The molecular formula is C5H12N4Na. The van der Waals surface area contributed by atoms with Gasteiger partial charge >= 0.3 is 0 Å². The summed E-state index contributed by atoms with van der Waals surface area (Å²) in [5.74, 6) is 0.191. The fraction of sp³-hybridized carbons (Fsp3) is 0.800. The molecule has 4 nitrogen and oxygen atoms in total. The SMILES string of the molecule is N=C(N)N1CCNCC1.[Na]. The number of rotatable bonds is 0. The van der Waals surface area contributed by atoms with Gasteiger partial charge in [0.05, 0.1) is 0 Å². The van der Waals surface area contributed by atoms with Crippen LogP contribution in [-0.2, 0) is 0 Å². The van der Waals surface area contributed by atoms with Crippen molar-refractivity contribution in [2.45, 2.75) is 0 Å². The molecule has 5 heteroatoms. The fourth-order valence-corrected chi connectivity index (χ4v) is 0.906. The molecule has 0 unspecified atom stereocenters. The third kappa shape index (κ3) is 2.88. The molecule has 1 radical (unpaired) electrons. The Balaban J connectivity index is 0.000000810. The average Bonchev–Trinajstić information content (AvgIpc) is 1.90. The predicted molar refractivity (Wildman–Crippen MR) is 42.1 cm³/mol. The Kier molecular flexibility index (Phi) is 5.07. The largest absolute Gasteiger partial charge is 0.370 e. The van der Waals surface area contributed by atoms with E-state index in [0.29, 0.717) is 0 Å². The van der Waals surface area contributed by atoms with Crippen LogP contribution in [0.2, 0.25) is 0 Å². The summed E-state index contributed by atoms with van der Waals surface area (Å²) in [4.78, 5) is 1.86. The first-order chi connectivity index (χ1) is 4.30. The number of nitrogens with two attached hydrogens (primary N) is 1. The van der Waals surface area contributed by atoms with E-state index < -0.39 is 0 Å². The van der Waals surface area contributed by atoms with Crippen molar-refractivity contribution in [1.29, 1.82) is 5.41 Å². The summed E-state index contributed by atoms with van der Waals surface area (Å²) in [6, 6.07) is 0. The molecule has 1 heterocycles. The van der Waals surface area contributed by atoms with Crippen molar-refractivity contribution in [3.63, 3.8) is 0 Å². The second kappa shape index (κ2) is 4.96. The van der Waals surface area contributed by atoms with Crippen molar-refractivity contribution in [3.8, 4) is 0 Å². The number of nitrogens with zero attached hydrogens (tertiary/aromatic N) is 1. The summed E-state index contributed by atoms with van der Waals surface area (Å²) in [6.45, 7) is 3.63. The van der Waals surface area contributed by atoms with E-state index >= 15 is 0 Å². The smallest absolute Gasteiger partial charge is 0.188 e. The Labute approximate surface area is 82.9 Å². The summed E-state index contributed by atoms with van der Waals surface area (Å²) in [7, 11) is 0. The number of hydrogen-bond acceptors (Lipinski definition) is 2. The van der Waals surface area contributed by atoms with E-state index in [0.717, 1.165) is 26.2 Å². The maximum absolute atomic E-state index is 7.06. The Bertz CT molecular complexity index is 110. The van der Waals surface area contributed by atoms with Crippen LogP contribution in [0.5, 0.6) is 0 Å². The van der Waals surface area contributed by atoms with Gasteiger partial charge in [-0.2, -0.15) is 0 Å². The van der Waals surface area contributed by atoms with E-state index in [2.05, 4.69) is 5.32 Å². The number of hydrogen-bond donors (Lipinski definition) is 3. The summed E-state index contributed by atoms with van der Waals surface area (Å²) in [5.41, 5.74) is 5.25. The molecule has 53 valence electrons. The Morgan fingerprint density at radius 1 is 1.40 bits per heavy atom. The van der Waals surface area contributed by atoms with Gasteiger partial charge in [-0.3, -0.25) is 5.41 Å². The van der Waals surface area contributed by atoms with E-state index in [9.17, 15) is 0 Å². The molecule has 0 saturated carbocycles. The topological polar surface area (TPSA) is 65.1 Å². The first-order valence-corrected chi connectivity index (χ1v) is 3.10. The summed E-state index contributed by atoms with van der Waals surface area (Å²) < 4.78 is 0. The van der Waals surface area contributed by atoms with Gasteiger partial charge in [0, 0.05) is 55.7 Å². The number of guanidine groups is 1. The van der Waals surface area contributed by atoms with Crippen molar-refractivity contribution in [3.05, 3.63) is 0 Å². The predicted octanol–water partition coefficient (Wildman–Crippen LogP) is -1.60. The van der Waals surface area contributed by atoms with Gasteiger partial charge in [0.2, 0.25) is 0 Å². The maximum Gasteiger partial charge on any atom is 0.188 e. The first kappa shape index (κ1) is 10.2. The molecule has 1 rings (SSSR count). The molecule has 4 N–H and O–H groups in total. The van der Waals surface area contributed by atoms with Gasteiger partial charge < -0.3 is 16.0 Å². The van der Waals surface area contributed by atoms with Crippen LogP contribution in [0.25, 0.3) is 0 Å². The van der Waals surface area contributed by atoms with E-state index in [1.165, 1.54) is 0 Å². The van der Waals surface area contributed by atoms with Crippen molar-refractivity contribution in [1.82, 2.24) is 10.2 Å². The Hall–Kier alpha value is 0.230. The van der Waals surface area contributed by atoms with Gasteiger partial charge in [-0.1, -0.05) is 0 Å². The minimum Gasteiger partial charge on any atom is -0.370 e. The monoisotopic (exact) mass is 151 g/mol. The van der Waals surface area contributed by atoms with Crippen LogP contribution in [0.3, 0.4) is 0 Å². The van der Waals surface area contributed by atoms with Crippen LogP contribution < -0.4 is 11.1 Å². The fourth-order valence-electron chi connectivity index (χ4n) is 0.906. The van der Waals surface area contributed by atoms with Gasteiger partial charge in [-0.25, -0.2) is 0 Å². The molecule has 1 aliphatic rings. The van der Waals surface area contributed by atoms with Crippen molar-refractivity contribution in [2.75, 3.05) is 26.2 Å². The average molecular weight is 151 g/mol. The zero-order chi connectivity index (χ0) is 6.69. The van der Waals surface area contributed by atoms with Crippen LogP contribution in [0, 0.1) is 5.41 Å². The van der Waals surface area contributed by atoms with E-state index in [1.807, 2.05) is 4.90 Å². The third-order valence-corrected chi connectivity index (χ3v) is 1.46. The van der Waals surface area contributed by atoms with Gasteiger partial charge in [-0.05, 0) is 0 Å². The minimum absolute atomic E-state index is 0. The first-order valence-electron chi connectivity index (χ1n) is 3.10. The molecule has 0 aromatic heterocycles. The second-order valence-electron chi connectivity index (χ2n) is 2.12.